The van der Waals surface area contributed by atoms with Gasteiger partial charge in [0.15, 0.2) is 0 Å². The Labute approximate surface area is 151 Å². The van der Waals surface area contributed by atoms with Crippen LogP contribution in [0.5, 0.6) is 0 Å². The number of aromatic nitrogens is 2. The summed E-state index contributed by atoms with van der Waals surface area (Å²) >= 11 is 0. The molecule has 26 heavy (non-hydrogen) atoms. The van der Waals surface area contributed by atoms with Crippen molar-refractivity contribution in [2.75, 3.05) is 19.6 Å². The van der Waals surface area contributed by atoms with Gasteiger partial charge < -0.3 is 9.47 Å². The highest BCUT2D eigenvalue weighted by molar-refractivity contribution is 5.84. The lowest BCUT2D eigenvalue weighted by Crippen LogP contribution is -2.44. The second kappa shape index (κ2) is 6.55. The molecule has 0 aromatic carbocycles. The molecule has 0 N–H and O–H groups in total. The molecule has 4 rings (SSSR count). The van der Waals surface area contributed by atoms with Crippen LogP contribution in [0.25, 0.3) is 0 Å². The monoisotopic (exact) mass is 370 g/mol. The standard InChI is InChI=1S/C18H25F3N4O/c1-23-13-6-3-2-5-12(13)22-16(23)14-7-4-9-25(14)15-8-10-24(17(15)26)11-18(19,20)21/h14-15H,2-11H2,1H3. The van der Waals surface area contributed by atoms with Crippen LogP contribution in [0.2, 0.25) is 0 Å². The molecule has 1 aromatic heterocycles. The predicted octanol–water partition coefficient (Wildman–Crippen LogP) is 2.60. The van der Waals surface area contributed by atoms with Crippen molar-refractivity contribution in [1.29, 1.82) is 0 Å². The van der Waals surface area contributed by atoms with Crippen LogP contribution in [-0.2, 0) is 24.7 Å². The molecule has 3 heterocycles. The van der Waals surface area contributed by atoms with Gasteiger partial charge in [-0.05, 0) is 51.5 Å². The number of carbonyl (C=O) groups excluding carboxylic acids is 1. The summed E-state index contributed by atoms with van der Waals surface area (Å²) in [5, 5.41) is 0. The Balaban J connectivity index is 1.54. The van der Waals surface area contributed by atoms with Gasteiger partial charge in [0, 0.05) is 19.3 Å². The second-order valence-corrected chi connectivity index (χ2v) is 7.70. The van der Waals surface area contributed by atoms with Crippen molar-refractivity contribution < 1.29 is 18.0 Å². The van der Waals surface area contributed by atoms with Gasteiger partial charge in [0.25, 0.3) is 0 Å². The fourth-order valence-corrected chi connectivity index (χ4v) is 4.85. The number of halogens is 3. The normalized spacial score (nSPS) is 27.4. The first-order valence-corrected chi connectivity index (χ1v) is 9.51. The molecule has 2 aliphatic heterocycles. The number of carbonyl (C=O) groups is 1. The molecule has 1 aromatic rings. The molecule has 3 aliphatic rings. The van der Waals surface area contributed by atoms with Crippen LogP contribution in [0.1, 0.15) is 55.4 Å². The van der Waals surface area contributed by atoms with Crippen molar-refractivity contribution in [3.63, 3.8) is 0 Å². The largest absolute Gasteiger partial charge is 0.406 e. The van der Waals surface area contributed by atoms with Gasteiger partial charge in [-0.15, -0.1) is 0 Å². The third-order valence-corrected chi connectivity index (χ3v) is 6.04. The molecule has 1 aliphatic carbocycles. The van der Waals surface area contributed by atoms with Crippen molar-refractivity contribution >= 4 is 5.91 Å². The van der Waals surface area contributed by atoms with Gasteiger partial charge >= 0.3 is 6.18 Å². The minimum atomic E-state index is -4.34. The zero-order chi connectivity index (χ0) is 18.5. The Morgan fingerprint density at radius 1 is 1.08 bits per heavy atom. The van der Waals surface area contributed by atoms with E-state index in [1.165, 1.54) is 12.1 Å². The maximum absolute atomic E-state index is 12.7. The molecule has 2 fully saturated rings. The molecule has 1 amide bonds. The maximum Gasteiger partial charge on any atom is 0.406 e. The minimum absolute atomic E-state index is 0.0328. The Kier molecular flexibility index (Phi) is 4.49. The van der Waals surface area contributed by atoms with E-state index in [0.717, 1.165) is 55.1 Å². The Morgan fingerprint density at radius 3 is 2.58 bits per heavy atom. The summed E-state index contributed by atoms with van der Waals surface area (Å²) in [7, 11) is 2.04. The quantitative estimate of drug-likeness (QED) is 0.821. The molecule has 2 atom stereocenters. The van der Waals surface area contributed by atoms with Crippen LogP contribution in [0.3, 0.4) is 0 Å². The average Bonchev–Trinajstić information content (AvgIpc) is 3.26. The van der Waals surface area contributed by atoms with E-state index in [0.29, 0.717) is 6.42 Å². The highest BCUT2D eigenvalue weighted by Gasteiger charge is 2.45. The van der Waals surface area contributed by atoms with Gasteiger partial charge in [0.2, 0.25) is 5.91 Å². The van der Waals surface area contributed by atoms with Crippen LogP contribution < -0.4 is 0 Å². The number of nitrogens with zero attached hydrogens (tertiary/aromatic N) is 4. The van der Waals surface area contributed by atoms with Crippen molar-refractivity contribution in [1.82, 2.24) is 19.4 Å². The predicted molar refractivity (Wildman–Crippen MR) is 89.6 cm³/mol. The van der Waals surface area contributed by atoms with Crippen LogP contribution in [0.4, 0.5) is 13.2 Å². The van der Waals surface area contributed by atoms with E-state index in [2.05, 4.69) is 9.47 Å². The highest BCUT2D eigenvalue weighted by atomic mass is 19.4. The van der Waals surface area contributed by atoms with Crippen molar-refractivity contribution in [3.05, 3.63) is 17.2 Å². The molecule has 2 unspecified atom stereocenters. The fourth-order valence-electron chi connectivity index (χ4n) is 4.85. The summed E-state index contributed by atoms with van der Waals surface area (Å²) in [4.78, 5) is 20.5. The number of likely N-dealkylation sites (tertiary alicyclic amines) is 2. The van der Waals surface area contributed by atoms with Gasteiger partial charge in [0.1, 0.15) is 12.4 Å². The lowest BCUT2D eigenvalue weighted by molar-refractivity contribution is -0.159. The van der Waals surface area contributed by atoms with Crippen molar-refractivity contribution in [2.45, 2.75) is 63.2 Å². The van der Waals surface area contributed by atoms with E-state index in [1.54, 1.807) is 0 Å². The van der Waals surface area contributed by atoms with Gasteiger partial charge in [-0.2, -0.15) is 13.2 Å². The van der Waals surface area contributed by atoms with Gasteiger partial charge in [-0.3, -0.25) is 9.69 Å². The molecule has 144 valence electrons. The van der Waals surface area contributed by atoms with Gasteiger partial charge in [-0.25, -0.2) is 4.98 Å². The number of hydrogen-bond acceptors (Lipinski definition) is 3. The first-order chi connectivity index (χ1) is 12.3. The smallest absolute Gasteiger partial charge is 0.334 e. The number of alkyl halides is 3. The molecule has 2 saturated heterocycles. The van der Waals surface area contributed by atoms with E-state index in [9.17, 15) is 18.0 Å². The molecular formula is C18H25F3N4O. The summed E-state index contributed by atoms with van der Waals surface area (Å²) < 4.78 is 40.2. The van der Waals surface area contributed by atoms with E-state index < -0.39 is 18.8 Å². The van der Waals surface area contributed by atoms with Crippen molar-refractivity contribution in [2.24, 2.45) is 7.05 Å². The van der Waals surface area contributed by atoms with Crippen molar-refractivity contribution in [3.8, 4) is 0 Å². The first-order valence-electron chi connectivity index (χ1n) is 9.51. The number of amides is 1. The van der Waals surface area contributed by atoms with E-state index in [4.69, 9.17) is 4.98 Å². The van der Waals surface area contributed by atoms with Gasteiger partial charge in [-0.1, -0.05) is 0 Å². The molecule has 0 saturated carbocycles. The lowest BCUT2D eigenvalue weighted by Gasteiger charge is -2.29. The average molecular weight is 370 g/mol. The molecule has 0 radical (unpaired) electrons. The molecule has 5 nitrogen and oxygen atoms in total. The topological polar surface area (TPSA) is 41.4 Å². The number of imidazole rings is 1. The molecule has 8 heteroatoms. The minimum Gasteiger partial charge on any atom is -0.334 e. The molecule has 0 bridgehead atoms. The van der Waals surface area contributed by atoms with Crippen LogP contribution >= 0.6 is 0 Å². The molecule has 0 spiro atoms. The Hall–Kier alpha value is -1.57. The summed E-state index contributed by atoms with van der Waals surface area (Å²) in [6.07, 6.45) is 2.35. The highest BCUT2D eigenvalue weighted by Crippen LogP contribution is 2.37. The summed E-state index contributed by atoms with van der Waals surface area (Å²) in [6.45, 7) is -0.209. The van der Waals surface area contributed by atoms with Crippen LogP contribution in [-0.4, -0.2) is 57.1 Å². The third kappa shape index (κ3) is 3.12. The molecular weight excluding hydrogens is 345 g/mol. The Morgan fingerprint density at radius 2 is 1.85 bits per heavy atom. The van der Waals surface area contributed by atoms with E-state index >= 15 is 0 Å². The number of hydrogen-bond donors (Lipinski definition) is 0. The van der Waals surface area contributed by atoms with Crippen LogP contribution in [0, 0.1) is 0 Å². The maximum atomic E-state index is 12.7. The second-order valence-electron chi connectivity index (χ2n) is 7.70. The number of fused-ring (bicyclic) bond motifs is 1. The lowest BCUT2D eigenvalue weighted by atomic mass is 10.0. The fraction of sp³-hybridized carbons (Fsp3) is 0.778. The Bertz CT molecular complexity index is 699. The first kappa shape index (κ1) is 17.8. The summed E-state index contributed by atoms with van der Waals surface area (Å²) in [6, 6.07) is -0.413. The summed E-state index contributed by atoms with van der Waals surface area (Å²) in [5.41, 5.74) is 2.45. The SMILES string of the molecule is Cn1c(C2CCCN2C2CCN(CC(F)(F)F)C2=O)nc2c1CCCC2. The zero-order valence-electron chi connectivity index (χ0n) is 15.1. The number of rotatable bonds is 3. The number of aryl methyl sites for hydroxylation is 1. The zero-order valence-corrected chi connectivity index (χ0v) is 15.1. The third-order valence-electron chi connectivity index (χ3n) is 6.04. The van der Waals surface area contributed by atoms with E-state index in [1.807, 2.05) is 7.05 Å². The summed E-state index contributed by atoms with van der Waals surface area (Å²) in [5.74, 6) is 0.602. The van der Waals surface area contributed by atoms with E-state index in [-0.39, 0.29) is 18.5 Å². The van der Waals surface area contributed by atoms with Gasteiger partial charge in [0.05, 0.1) is 17.8 Å². The van der Waals surface area contributed by atoms with Crippen LogP contribution in [0.15, 0.2) is 0 Å².